The molecular formula is C22H26N4O5S. The summed E-state index contributed by atoms with van der Waals surface area (Å²) in [5, 5.41) is 7.23. The Balaban J connectivity index is 1.49. The molecule has 2 N–H and O–H groups in total. The van der Waals surface area contributed by atoms with Gasteiger partial charge >= 0.3 is 0 Å². The van der Waals surface area contributed by atoms with Gasteiger partial charge in [-0.25, -0.2) is 4.98 Å². The molecule has 3 atom stereocenters. The fourth-order valence-corrected chi connectivity index (χ4v) is 4.63. The number of hydrogen-bond donors (Lipinski definition) is 2. The monoisotopic (exact) mass is 458 g/mol. The lowest BCUT2D eigenvalue weighted by Crippen LogP contribution is -2.54. The summed E-state index contributed by atoms with van der Waals surface area (Å²) in [6, 6.07) is 4.83. The lowest BCUT2D eigenvalue weighted by molar-refractivity contribution is -0.133. The van der Waals surface area contributed by atoms with E-state index in [2.05, 4.69) is 15.6 Å². The van der Waals surface area contributed by atoms with Crippen molar-refractivity contribution in [2.24, 2.45) is 0 Å². The first kappa shape index (κ1) is 22.2. The summed E-state index contributed by atoms with van der Waals surface area (Å²) in [4.78, 5) is 43.2. The van der Waals surface area contributed by atoms with Gasteiger partial charge in [0.15, 0.2) is 0 Å². The van der Waals surface area contributed by atoms with E-state index in [9.17, 15) is 14.4 Å². The van der Waals surface area contributed by atoms with E-state index in [4.69, 9.17) is 9.47 Å². The zero-order valence-electron chi connectivity index (χ0n) is 18.0. The molecule has 0 saturated carbocycles. The van der Waals surface area contributed by atoms with E-state index >= 15 is 0 Å². The Bertz CT molecular complexity index is 996. The first-order valence-electron chi connectivity index (χ1n) is 10.6. The Morgan fingerprint density at radius 3 is 2.91 bits per heavy atom. The third-order valence-corrected chi connectivity index (χ3v) is 6.31. The molecule has 1 aromatic heterocycles. The van der Waals surface area contributed by atoms with Gasteiger partial charge in [0.25, 0.3) is 11.8 Å². The minimum Gasteiger partial charge on any atom is -0.490 e. The van der Waals surface area contributed by atoms with E-state index in [0.717, 1.165) is 6.42 Å². The number of carbonyl (C=O) groups excluding carboxylic acids is 3. The first-order valence-corrected chi connectivity index (χ1v) is 11.6. The Kier molecular flexibility index (Phi) is 6.71. The van der Waals surface area contributed by atoms with Gasteiger partial charge in [0.05, 0.1) is 29.6 Å². The predicted octanol–water partition coefficient (Wildman–Crippen LogP) is 2.30. The Hall–Kier alpha value is -2.98. The fraction of sp³-hybridized carbons (Fsp3) is 0.455. The highest BCUT2D eigenvalue weighted by atomic mass is 32.1. The number of fused-ring (bicyclic) bond motifs is 2. The van der Waals surface area contributed by atoms with Crippen molar-refractivity contribution in [2.75, 3.05) is 25.5 Å². The predicted molar refractivity (Wildman–Crippen MR) is 119 cm³/mol. The van der Waals surface area contributed by atoms with Crippen LogP contribution in [0.3, 0.4) is 0 Å². The van der Waals surface area contributed by atoms with Crippen LogP contribution in [0.25, 0.3) is 0 Å². The molecule has 3 heterocycles. The van der Waals surface area contributed by atoms with Crippen LogP contribution in [0.2, 0.25) is 0 Å². The zero-order chi connectivity index (χ0) is 22.7. The summed E-state index contributed by atoms with van der Waals surface area (Å²) >= 11 is 1.34. The van der Waals surface area contributed by atoms with Crippen LogP contribution in [-0.2, 0) is 9.53 Å². The summed E-state index contributed by atoms with van der Waals surface area (Å²) < 4.78 is 12.1. The van der Waals surface area contributed by atoms with Crippen molar-refractivity contribution in [1.29, 1.82) is 0 Å². The second kappa shape index (κ2) is 9.66. The third kappa shape index (κ3) is 4.76. The standard InChI is InChI=1S/C22H26N4O5S/c1-3-23-20(27)9-14-5-6-17-19(31-14)10-30-18-7-4-13(8-15(18)22(29)26(17)2)25-21(28)16-11-32-12-24-16/h4,7-8,11-12,14,17,19H,3,5-6,9-10H2,1-2H3,(H,23,27)(H,25,28)/t14-,17+,19-/m0/s1. The van der Waals surface area contributed by atoms with Crippen LogP contribution < -0.4 is 15.4 Å². The number of thiazole rings is 1. The van der Waals surface area contributed by atoms with E-state index in [1.54, 1.807) is 41.0 Å². The molecule has 2 aromatic rings. The maximum Gasteiger partial charge on any atom is 0.275 e. The van der Waals surface area contributed by atoms with Gasteiger partial charge in [0.1, 0.15) is 24.2 Å². The summed E-state index contributed by atoms with van der Waals surface area (Å²) in [5.74, 6) is -0.144. The van der Waals surface area contributed by atoms with Crippen molar-refractivity contribution in [2.45, 2.75) is 44.4 Å². The molecule has 170 valence electrons. The van der Waals surface area contributed by atoms with Gasteiger partial charge in [-0.1, -0.05) is 0 Å². The number of benzene rings is 1. The molecule has 3 amide bonds. The number of rotatable bonds is 5. The minimum atomic E-state index is -0.335. The molecule has 0 radical (unpaired) electrons. The molecule has 4 rings (SSSR count). The molecule has 0 spiro atoms. The third-order valence-electron chi connectivity index (χ3n) is 5.72. The minimum absolute atomic E-state index is 0.0373. The number of amides is 3. The largest absolute Gasteiger partial charge is 0.490 e. The number of carbonyl (C=O) groups is 3. The number of ether oxygens (including phenoxy) is 2. The number of anilines is 1. The van der Waals surface area contributed by atoms with Crippen LogP contribution in [0.1, 0.15) is 47.0 Å². The van der Waals surface area contributed by atoms with E-state index in [-0.39, 0.29) is 42.6 Å². The second-order valence-corrected chi connectivity index (χ2v) is 8.58. The Morgan fingerprint density at radius 2 is 2.16 bits per heavy atom. The van der Waals surface area contributed by atoms with Gasteiger partial charge in [-0.05, 0) is 38.0 Å². The number of likely N-dealkylation sites (N-methyl/N-ethyl adjacent to an activating group) is 1. The van der Waals surface area contributed by atoms with Crippen LogP contribution in [0, 0.1) is 0 Å². The van der Waals surface area contributed by atoms with Crippen molar-refractivity contribution < 1.29 is 23.9 Å². The van der Waals surface area contributed by atoms with Gasteiger partial charge in [0.2, 0.25) is 5.91 Å². The average molecular weight is 459 g/mol. The molecular weight excluding hydrogens is 432 g/mol. The quantitative estimate of drug-likeness (QED) is 0.712. The number of nitrogens with zero attached hydrogens (tertiary/aromatic N) is 2. The first-order chi connectivity index (χ1) is 15.5. The molecule has 2 aliphatic heterocycles. The van der Waals surface area contributed by atoms with Crippen molar-refractivity contribution >= 4 is 34.7 Å². The number of hydrogen-bond acceptors (Lipinski definition) is 7. The van der Waals surface area contributed by atoms with Gasteiger partial charge in [0, 0.05) is 24.7 Å². The highest BCUT2D eigenvalue weighted by Crippen LogP contribution is 2.32. The molecule has 1 saturated heterocycles. The second-order valence-electron chi connectivity index (χ2n) is 7.86. The molecule has 1 fully saturated rings. The van der Waals surface area contributed by atoms with Gasteiger partial charge in [-0.2, -0.15) is 0 Å². The highest BCUT2D eigenvalue weighted by molar-refractivity contribution is 7.07. The summed E-state index contributed by atoms with van der Waals surface area (Å²) in [6.07, 6.45) is 1.18. The highest BCUT2D eigenvalue weighted by Gasteiger charge is 2.39. The molecule has 0 aliphatic carbocycles. The Morgan fingerprint density at radius 1 is 1.31 bits per heavy atom. The molecule has 10 heteroatoms. The molecule has 32 heavy (non-hydrogen) atoms. The van der Waals surface area contributed by atoms with Crippen LogP contribution in [0.15, 0.2) is 29.1 Å². The molecule has 9 nitrogen and oxygen atoms in total. The lowest BCUT2D eigenvalue weighted by Gasteiger charge is -2.42. The Labute approximate surface area is 190 Å². The molecule has 0 bridgehead atoms. The fourth-order valence-electron chi connectivity index (χ4n) is 4.10. The van der Waals surface area contributed by atoms with E-state index in [1.807, 2.05) is 6.92 Å². The maximum absolute atomic E-state index is 13.3. The SMILES string of the molecule is CCNC(=O)C[C@@H]1CC[C@@H]2[C@H](COc3ccc(NC(=O)c4cscn4)cc3C(=O)N2C)O1. The van der Waals surface area contributed by atoms with Crippen molar-refractivity contribution in [3.63, 3.8) is 0 Å². The number of aromatic nitrogens is 1. The maximum atomic E-state index is 13.3. The number of nitrogens with one attached hydrogen (secondary N) is 2. The topological polar surface area (TPSA) is 110 Å². The normalized spacial score (nSPS) is 22.6. The van der Waals surface area contributed by atoms with Crippen LogP contribution in [-0.4, -0.2) is 66.1 Å². The average Bonchev–Trinajstić information content (AvgIpc) is 3.32. The smallest absolute Gasteiger partial charge is 0.275 e. The van der Waals surface area contributed by atoms with Crippen molar-refractivity contribution in [3.05, 3.63) is 40.3 Å². The van der Waals surface area contributed by atoms with Gasteiger partial charge in [-0.15, -0.1) is 11.3 Å². The summed E-state index contributed by atoms with van der Waals surface area (Å²) in [7, 11) is 1.75. The van der Waals surface area contributed by atoms with Crippen LogP contribution >= 0.6 is 11.3 Å². The van der Waals surface area contributed by atoms with Crippen LogP contribution in [0.4, 0.5) is 5.69 Å². The summed E-state index contributed by atoms with van der Waals surface area (Å²) in [5.41, 5.74) is 2.79. The van der Waals surface area contributed by atoms with Gasteiger partial charge < -0.3 is 25.0 Å². The van der Waals surface area contributed by atoms with Crippen molar-refractivity contribution in [1.82, 2.24) is 15.2 Å². The van der Waals surface area contributed by atoms with E-state index in [0.29, 0.717) is 42.1 Å². The van der Waals surface area contributed by atoms with Crippen molar-refractivity contribution in [3.8, 4) is 5.75 Å². The molecule has 1 aromatic carbocycles. The van der Waals surface area contributed by atoms with E-state index in [1.165, 1.54) is 11.3 Å². The summed E-state index contributed by atoms with van der Waals surface area (Å²) in [6.45, 7) is 2.73. The molecule has 2 aliphatic rings. The van der Waals surface area contributed by atoms with E-state index < -0.39 is 0 Å². The lowest BCUT2D eigenvalue weighted by atomic mass is 9.94. The van der Waals surface area contributed by atoms with Crippen LogP contribution in [0.5, 0.6) is 5.75 Å². The van der Waals surface area contributed by atoms with Gasteiger partial charge in [-0.3, -0.25) is 14.4 Å². The molecule has 0 unspecified atom stereocenters. The zero-order valence-corrected chi connectivity index (χ0v) is 18.8.